The zero-order valence-electron chi connectivity index (χ0n) is 11.5. The Labute approximate surface area is 112 Å². The number of rotatable bonds is 5. The topological polar surface area (TPSA) is 91.0 Å². The molecular weight excluding hydrogens is 250 g/mol. The molecule has 1 aromatic rings. The summed E-state index contributed by atoms with van der Waals surface area (Å²) in [6.45, 7) is 3.39. The summed E-state index contributed by atoms with van der Waals surface area (Å²) in [6, 6.07) is 3.34. The molecule has 0 bridgehead atoms. The van der Waals surface area contributed by atoms with Crippen LogP contribution in [0.1, 0.15) is 24.2 Å². The van der Waals surface area contributed by atoms with E-state index in [-0.39, 0.29) is 0 Å². The molecule has 0 aromatic heterocycles. The van der Waals surface area contributed by atoms with E-state index in [1.165, 1.54) is 14.2 Å². The molecule has 0 heterocycles. The van der Waals surface area contributed by atoms with Gasteiger partial charge in [-0.05, 0) is 31.5 Å². The average molecular weight is 269 g/mol. The SMILES string of the molecule is COc1cc([C@H](O)[C@H](C)OC(N)=O)cc(OC)c1C. The standard InChI is InChI=1S/C13H19NO5/c1-7-10(17-3)5-9(6-11(7)18-4)12(15)8(2)19-13(14)16/h5-6,8,12,15H,1-4H3,(H2,14,16)/t8-,12+/m0/s1. The fraction of sp³-hybridized carbons (Fsp3) is 0.462. The van der Waals surface area contributed by atoms with Gasteiger partial charge in [0.15, 0.2) is 0 Å². The first kappa shape index (κ1) is 15.1. The third-order valence-electron chi connectivity index (χ3n) is 2.86. The molecule has 106 valence electrons. The maximum Gasteiger partial charge on any atom is 0.404 e. The molecule has 0 aliphatic rings. The molecule has 0 aliphatic heterocycles. The summed E-state index contributed by atoms with van der Waals surface area (Å²) in [5.74, 6) is 1.17. The molecule has 6 nitrogen and oxygen atoms in total. The number of aliphatic hydroxyl groups is 1. The van der Waals surface area contributed by atoms with Gasteiger partial charge in [-0.3, -0.25) is 0 Å². The van der Waals surface area contributed by atoms with Crippen molar-refractivity contribution in [3.05, 3.63) is 23.3 Å². The largest absolute Gasteiger partial charge is 0.496 e. The summed E-state index contributed by atoms with van der Waals surface area (Å²) in [4.78, 5) is 10.7. The third-order valence-corrected chi connectivity index (χ3v) is 2.86. The molecule has 3 N–H and O–H groups in total. The van der Waals surface area contributed by atoms with Gasteiger partial charge >= 0.3 is 6.09 Å². The highest BCUT2D eigenvalue weighted by Crippen LogP contribution is 2.33. The van der Waals surface area contributed by atoms with Crippen LogP contribution in [0.5, 0.6) is 11.5 Å². The van der Waals surface area contributed by atoms with Crippen LogP contribution in [0.15, 0.2) is 12.1 Å². The van der Waals surface area contributed by atoms with Crippen LogP contribution >= 0.6 is 0 Å². The summed E-state index contributed by atoms with van der Waals surface area (Å²) in [5.41, 5.74) is 6.27. The van der Waals surface area contributed by atoms with E-state index in [0.29, 0.717) is 17.1 Å². The lowest BCUT2D eigenvalue weighted by atomic mass is 10.0. The minimum atomic E-state index is -1.02. The van der Waals surface area contributed by atoms with Crippen molar-refractivity contribution in [3.63, 3.8) is 0 Å². The van der Waals surface area contributed by atoms with Crippen LogP contribution in [0.2, 0.25) is 0 Å². The van der Waals surface area contributed by atoms with Gasteiger partial charge in [0.25, 0.3) is 0 Å². The van der Waals surface area contributed by atoms with Crippen LogP contribution in [0.25, 0.3) is 0 Å². The van der Waals surface area contributed by atoms with E-state index in [2.05, 4.69) is 0 Å². The molecule has 1 rings (SSSR count). The maximum atomic E-state index is 10.7. The van der Waals surface area contributed by atoms with Crippen LogP contribution in [0.4, 0.5) is 4.79 Å². The molecule has 0 aliphatic carbocycles. The van der Waals surface area contributed by atoms with Crippen molar-refractivity contribution in [2.75, 3.05) is 14.2 Å². The number of methoxy groups -OCH3 is 2. The fourth-order valence-electron chi connectivity index (χ4n) is 1.80. The Kier molecular flexibility index (Phi) is 5.00. The Morgan fingerprint density at radius 1 is 1.26 bits per heavy atom. The minimum absolute atomic E-state index is 0.521. The first-order chi connectivity index (χ1) is 8.90. The lowest BCUT2D eigenvalue weighted by Crippen LogP contribution is -2.25. The number of ether oxygens (including phenoxy) is 3. The quantitative estimate of drug-likeness (QED) is 0.845. The van der Waals surface area contributed by atoms with Crippen molar-refractivity contribution in [1.29, 1.82) is 0 Å². The van der Waals surface area contributed by atoms with Gasteiger partial charge in [-0.2, -0.15) is 0 Å². The normalized spacial score (nSPS) is 13.5. The second kappa shape index (κ2) is 6.29. The number of hydrogen-bond acceptors (Lipinski definition) is 5. The molecule has 0 fully saturated rings. The molecule has 6 heteroatoms. The summed E-state index contributed by atoms with van der Waals surface area (Å²) in [5, 5.41) is 10.1. The van der Waals surface area contributed by atoms with Crippen molar-refractivity contribution >= 4 is 6.09 Å². The number of benzene rings is 1. The van der Waals surface area contributed by atoms with Crippen molar-refractivity contribution in [2.45, 2.75) is 26.1 Å². The van der Waals surface area contributed by atoms with Crippen molar-refractivity contribution in [3.8, 4) is 11.5 Å². The molecule has 0 unspecified atom stereocenters. The van der Waals surface area contributed by atoms with Crippen LogP contribution in [0, 0.1) is 6.92 Å². The van der Waals surface area contributed by atoms with E-state index >= 15 is 0 Å². The number of carbonyl (C=O) groups is 1. The molecule has 19 heavy (non-hydrogen) atoms. The molecule has 1 amide bonds. The van der Waals surface area contributed by atoms with Gasteiger partial charge in [0.1, 0.15) is 23.7 Å². The summed E-state index contributed by atoms with van der Waals surface area (Å²) < 4.78 is 15.2. The van der Waals surface area contributed by atoms with Crippen molar-refractivity contribution < 1.29 is 24.1 Å². The average Bonchev–Trinajstić information content (AvgIpc) is 2.37. The molecular formula is C13H19NO5. The van der Waals surface area contributed by atoms with E-state index in [1.54, 1.807) is 19.1 Å². The molecule has 2 atom stereocenters. The van der Waals surface area contributed by atoms with Gasteiger partial charge < -0.3 is 25.1 Å². The smallest absolute Gasteiger partial charge is 0.404 e. The van der Waals surface area contributed by atoms with Crippen LogP contribution in [0.3, 0.4) is 0 Å². The van der Waals surface area contributed by atoms with Crippen molar-refractivity contribution in [2.24, 2.45) is 5.73 Å². The van der Waals surface area contributed by atoms with E-state index < -0.39 is 18.3 Å². The number of primary amides is 1. The van der Waals surface area contributed by atoms with Gasteiger partial charge in [0.2, 0.25) is 0 Å². The van der Waals surface area contributed by atoms with Crippen LogP contribution in [-0.4, -0.2) is 31.5 Å². The highest BCUT2D eigenvalue weighted by Gasteiger charge is 2.22. The van der Waals surface area contributed by atoms with Gasteiger partial charge in [0.05, 0.1) is 14.2 Å². The second-order valence-electron chi connectivity index (χ2n) is 4.14. The Balaban J connectivity index is 3.09. The first-order valence-corrected chi connectivity index (χ1v) is 5.77. The molecule has 0 saturated heterocycles. The monoisotopic (exact) mass is 269 g/mol. The van der Waals surface area contributed by atoms with E-state index in [1.807, 2.05) is 6.92 Å². The van der Waals surface area contributed by atoms with Gasteiger partial charge in [0, 0.05) is 5.56 Å². The predicted molar refractivity (Wildman–Crippen MR) is 69.4 cm³/mol. The first-order valence-electron chi connectivity index (χ1n) is 5.77. The third kappa shape index (κ3) is 3.51. The highest BCUT2D eigenvalue weighted by atomic mass is 16.6. The lowest BCUT2D eigenvalue weighted by Gasteiger charge is -2.20. The highest BCUT2D eigenvalue weighted by molar-refractivity contribution is 5.64. The Bertz CT molecular complexity index is 435. The maximum absolute atomic E-state index is 10.7. The predicted octanol–water partition coefficient (Wildman–Crippen LogP) is 1.53. The minimum Gasteiger partial charge on any atom is -0.496 e. The van der Waals surface area contributed by atoms with Gasteiger partial charge in [-0.25, -0.2) is 4.79 Å². The summed E-state index contributed by atoms with van der Waals surface area (Å²) >= 11 is 0. The number of carbonyl (C=O) groups excluding carboxylic acids is 1. The zero-order valence-corrected chi connectivity index (χ0v) is 11.5. The summed E-state index contributed by atoms with van der Waals surface area (Å²) in [6.07, 6.45) is -2.72. The Morgan fingerprint density at radius 2 is 1.74 bits per heavy atom. The van der Waals surface area contributed by atoms with Crippen LogP contribution in [-0.2, 0) is 4.74 Å². The fourth-order valence-corrected chi connectivity index (χ4v) is 1.80. The number of aliphatic hydroxyl groups excluding tert-OH is 1. The molecule has 0 radical (unpaired) electrons. The van der Waals surface area contributed by atoms with E-state index in [0.717, 1.165) is 5.56 Å². The van der Waals surface area contributed by atoms with Crippen molar-refractivity contribution in [1.82, 2.24) is 0 Å². The number of nitrogens with two attached hydrogens (primary N) is 1. The molecule has 0 spiro atoms. The second-order valence-corrected chi connectivity index (χ2v) is 4.14. The Morgan fingerprint density at radius 3 is 2.11 bits per heavy atom. The number of hydrogen-bond donors (Lipinski definition) is 2. The van der Waals surface area contributed by atoms with Crippen LogP contribution < -0.4 is 15.2 Å². The lowest BCUT2D eigenvalue weighted by molar-refractivity contribution is 0.0156. The summed E-state index contributed by atoms with van der Waals surface area (Å²) in [7, 11) is 3.06. The number of amides is 1. The zero-order chi connectivity index (χ0) is 14.6. The molecule has 1 aromatic carbocycles. The molecule has 0 saturated carbocycles. The van der Waals surface area contributed by atoms with E-state index in [9.17, 15) is 9.90 Å². The van der Waals surface area contributed by atoms with Gasteiger partial charge in [-0.1, -0.05) is 0 Å². The van der Waals surface area contributed by atoms with Gasteiger partial charge in [-0.15, -0.1) is 0 Å². The van der Waals surface area contributed by atoms with E-state index in [4.69, 9.17) is 19.9 Å². The Hall–Kier alpha value is -1.95.